The van der Waals surface area contributed by atoms with Crippen LogP contribution in [0.15, 0.2) is 29.0 Å². The van der Waals surface area contributed by atoms with E-state index in [-0.39, 0.29) is 5.91 Å². The third kappa shape index (κ3) is 3.21. The number of carbonyl (C=O) groups is 1. The van der Waals surface area contributed by atoms with Crippen LogP contribution in [0.4, 0.5) is 0 Å². The van der Waals surface area contributed by atoms with Gasteiger partial charge in [-0.1, -0.05) is 0 Å². The van der Waals surface area contributed by atoms with Gasteiger partial charge in [0.25, 0.3) is 0 Å². The molecule has 0 fully saturated rings. The Balaban J connectivity index is 1.81. The van der Waals surface area contributed by atoms with Crippen LogP contribution in [-0.4, -0.2) is 30.6 Å². The van der Waals surface area contributed by atoms with Gasteiger partial charge >= 0.3 is 0 Å². The van der Waals surface area contributed by atoms with Crippen molar-refractivity contribution >= 4 is 17.0 Å². The van der Waals surface area contributed by atoms with E-state index in [1.807, 2.05) is 6.07 Å². The standard InChI is InChI=1S/C12H15N3O3/c13-4-5-14-12(16)3-6-17-9-1-2-10-11(7-9)18-8-15-10/h1-2,7-8H,3-6,13H2,(H,14,16). The topological polar surface area (TPSA) is 90.4 Å². The molecule has 1 amide bonds. The maximum Gasteiger partial charge on any atom is 0.223 e. The van der Waals surface area contributed by atoms with E-state index in [2.05, 4.69) is 10.3 Å². The molecule has 6 nitrogen and oxygen atoms in total. The molecule has 0 radical (unpaired) electrons. The lowest BCUT2D eigenvalue weighted by Gasteiger charge is -2.06. The second-order valence-corrected chi connectivity index (χ2v) is 3.72. The maximum absolute atomic E-state index is 11.3. The Morgan fingerprint density at radius 3 is 3.22 bits per heavy atom. The van der Waals surface area contributed by atoms with Gasteiger partial charge in [-0.25, -0.2) is 4.98 Å². The van der Waals surface area contributed by atoms with Crippen LogP contribution in [0, 0.1) is 0 Å². The predicted octanol–water partition coefficient (Wildman–Crippen LogP) is 0.672. The van der Waals surface area contributed by atoms with Gasteiger partial charge in [-0.3, -0.25) is 4.79 Å². The lowest BCUT2D eigenvalue weighted by atomic mass is 10.3. The van der Waals surface area contributed by atoms with Crippen molar-refractivity contribution < 1.29 is 13.9 Å². The zero-order valence-corrected chi connectivity index (χ0v) is 9.89. The summed E-state index contributed by atoms with van der Waals surface area (Å²) in [5.41, 5.74) is 6.72. The molecule has 1 aromatic carbocycles. The van der Waals surface area contributed by atoms with Crippen LogP contribution in [0.25, 0.3) is 11.1 Å². The van der Waals surface area contributed by atoms with Crippen LogP contribution in [0.3, 0.4) is 0 Å². The number of carbonyl (C=O) groups excluding carboxylic acids is 1. The molecule has 1 aromatic heterocycles. The van der Waals surface area contributed by atoms with E-state index in [4.69, 9.17) is 14.9 Å². The van der Waals surface area contributed by atoms with Gasteiger partial charge in [0.05, 0.1) is 13.0 Å². The number of benzene rings is 1. The van der Waals surface area contributed by atoms with E-state index in [9.17, 15) is 4.79 Å². The number of nitrogens with zero attached hydrogens (tertiary/aromatic N) is 1. The molecule has 96 valence electrons. The Kier molecular flexibility index (Phi) is 4.14. The largest absolute Gasteiger partial charge is 0.493 e. The van der Waals surface area contributed by atoms with Crippen LogP contribution in [0.1, 0.15) is 6.42 Å². The SMILES string of the molecule is NCCNC(=O)CCOc1ccc2ncoc2c1. The number of oxazole rings is 1. The van der Waals surface area contributed by atoms with Gasteiger partial charge in [-0.05, 0) is 12.1 Å². The van der Waals surface area contributed by atoms with Crippen molar-refractivity contribution in [2.75, 3.05) is 19.7 Å². The molecule has 1 heterocycles. The van der Waals surface area contributed by atoms with Crippen molar-refractivity contribution in [1.82, 2.24) is 10.3 Å². The van der Waals surface area contributed by atoms with E-state index in [1.54, 1.807) is 12.1 Å². The second kappa shape index (κ2) is 6.02. The fourth-order valence-corrected chi connectivity index (χ4v) is 1.49. The van der Waals surface area contributed by atoms with Crippen molar-refractivity contribution in [1.29, 1.82) is 0 Å². The highest BCUT2D eigenvalue weighted by atomic mass is 16.5. The van der Waals surface area contributed by atoms with Crippen LogP contribution in [0.5, 0.6) is 5.75 Å². The molecule has 0 unspecified atom stereocenters. The van der Waals surface area contributed by atoms with Crippen molar-refractivity contribution in [3.63, 3.8) is 0 Å². The van der Waals surface area contributed by atoms with Gasteiger partial charge in [0.15, 0.2) is 12.0 Å². The summed E-state index contributed by atoms with van der Waals surface area (Å²) >= 11 is 0. The van der Waals surface area contributed by atoms with Crippen LogP contribution < -0.4 is 15.8 Å². The zero-order valence-electron chi connectivity index (χ0n) is 9.89. The third-order valence-electron chi connectivity index (χ3n) is 2.37. The van der Waals surface area contributed by atoms with Crippen LogP contribution >= 0.6 is 0 Å². The van der Waals surface area contributed by atoms with E-state index in [0.717, 1.165) is 5.52 Å². The van der Waals surface area contributed by atoms with Gasteiger partial charge < -0.3 is 20.2 Å². The Morgan fingerprint density at radius 2 is 2.39 bits per heavy atom. The van der Waals surface area contributed by atoms with Crippen molar-refractivity contribution in [2.24, 2.45) is 5.73 Å². The van der Waals surface area contributed by atoms with Crippen molar-refractivity contribution in [3.8, 4) is 5.75 Å². The fourth-order valence-electron chi connectivity index (χ4n) is 1.49. The minimum absolute atomic E-state index is 0.0683. The smallest absolute Gasteiger partial charge is 0.223 e. The number of ether oxygens (including phenoxy) is 1. The zero-order chi connectivity index (χ0) is 12.8. The molecule has 18 heavy (non-hydrogen) atoms. The summed E-state index contributed by atoms with van der Waals surface area (Å²) < 4.78 is 10.6. The Labute approximate surface area is 104 Å². The van der Waals surface area contributed by atoms with Gasteiger partial charge in [0.1, 0.15) is 11.3 Å². The number of aromatic nitrogens is 1. The Morgan fingerprint density at radius 1 is 1.50 bits per heavy atom. The summed E-state index contributed by atoms with van der Waals surface area (Å²) in [6.07, 6.45) is 1.68. The van der Waals surface area contributed by atoms with Crippen LogP contribution in [-0.2, 0) is 4.79 Å². The molecule has 0 bridgehead atoms. The lowest BCUT2D eigenvalue weighted by molar-refractivity contribution is -0.121. The predicted molar refractivity (Wildman–Crippen MR) is 66.2 cm³/mol. The first-order chi connectivity index (χ1) is 8.79. The van der Waals surface area contributed by atoms with Crippen LogP contribution in [0.2, 0.25) is 0 Å². The summed E-state index contributed by atoms with van der Waals surface area (Å²) in [6.45, 7) is 1.24. The molecule has 6 heteroatoms. The van der Waals surface area contributed by atoms with Gasteiger partial charge in [-0.15, -0.1) is 0 Å². The molecule has 0 aliphatic heterocycles. The van der Waals surface area contributed by atoms with E-state index < -0.39 is 0 Å². The molecule has 2 rings (SSSR count). The van der Waals surface area contributed by atoms with Gasteiger partial charge in [0.2, 0.25) is 5.91 Å². The second-order valence-electron chi connectivity index (χ2n) is 3.72. The number of hydrogen-bond donors (Lipinski definition) is 2. The van der Waals surface area contributed by atoms with Crippen molar-refractivity contribution in [3.05, 3.63) is 24.6 Å². The van der Waals surface area contributed by atoms with Crippen molar-refractivity contribution in [2.45, 2.75) is 6.42 Å². The highest BCUT2D eigenvalue weighted by Gasteiger charge is 2.03. The summed E-state index contributed by atoms with van der Waals surface area (Å²) in [7, 11) is 0. The molecular weight excluding hydrogens is 234 g/mol. The quantitative estimate of drug-likeness (QED) is 0.785. The monoisotopic (exact) mass is 249 g/mol. The number of amides is 1. The molecular formula is C12H15N3O3. The summed E-state index contributed by atoms with van der Waals surface area (Å²) in [5.74, 6) is 0.590. The summed E-state index contributed by atoms with van der Waals surface area (Å²) in [6, 6.07) is 5.35. The third-order valence-corrected chi connectivity index (χ3v) is 2.37. The minimum Gasteiger partial charge on any atom is -0.493 e. The van der Waals surface area contributed by atoms with Gasteiger partial charge in [-0.2, -0.15) is 0 Å². The molecule has 0 atom stereocenters. The normalized spacial score (nSPS) is 10.5. The number of nitrogens with two attached hydrogens (primary N) is 1. The molecule has 0 aliphatic carbocycles. The Hall–Kier alpha value is -2.08. The number of rotatable bonds is 6. The molecule has 3 N–H and O–H groups in total. The number of fused-ring (bicyclic) bond motifs is 1. The number of hydrogen-bond acceptors (Lipinski definition) is 5. The molecule has 0 spiro atoms. The van der Waals surface area contributed by atoms with E-state index in [0.29, 0.717) is 37.4 Å². The highest BCUT2D eigenvalue weighted by molar-refractivity contribution is 5.76. The molecule has 0 saturated heterocycles. The van der Waals surface area contributed by atoms with Gasteiger partial charge in [0, 0.05) is 19.2 Å². The minimum atomic E-state index is -0.0683. The average Bonchev–Trinajstić information content (AvgIpc) is 2.83. The average molecular weight is 249 g/mol. The lowest BCUT2D eigenvalue weighted by Crippen LogP contribution is -2.29. The first-order valence-electron chi connectivity index (χ1n) is 5.72. The fraction of sp³-hybridized carbons (Fsp3) is 0.333. The number of nitrogens with one attached hydrogen (secondary N) is 1. The van der Waals surface area contributed by atoms with E-state index in [1.165, 1.54) is 6.39 Å². The first-order valence-corrected chi connectivity index (χ1v) is 5.72. The summed E-state index contributed by atoms with van der Waals surface area (Å²) in [4.78, 5) is 15.3. The highest BCUT2D eigenvalue weighted by Crippen LogP contribution is 2.19. The molecule has 0 saturated carbocycles. The molecule has 0 aliphatic rings. The first kappa shape index (κ1) is 12.4. The maximum atomic E-state index is 11.3. The Bertz CT molecular complexity index is 524. The van der Waals surface area contributed by atoms with E-state index >= 15 is 0 Å². The summed E-state index contributed by atoms with van der Waals surface area (Å²) in [5, 5.41) is 2.67. The molecule has 2 aromatic rings.